The molecule has 2 aromatic carbocycles. The molecule has 194 valence electrons. The molecule has 0 bridgehead atoms. The van der Waals surface area contributed by atoms with Crippen LogP contribution in [0.1, 0.15) is 56.2 Å². The van der Waals surface area contributed by atoms with Crippen LogP contribution in [-0.4, -0.2) is 44.5 Å². The van der Waals surface area contributed by atoms with E-state index in [1.165, 1.54) is 12.1 Å². The molecule has 1 aliphatic carbocycles. The number of carboxylic acids is 1. The lowest BCUT2D eigenvalue weighted by molar-refractivity contribution is -0.138. The number of sulfonamides is 1. The standard InChI is InChI=1S/C26H32FN3O5S/c1-16(17-3-9-20(27)10-4-17)28-25(31)19-5-11-21(12-6-19)29-36(34,35)22-13-7-18-8-14-23(26(32)33)30(2)24(18)15-22/h3-4,7,9-10,13,15-16,19,21,23,29H,5-6,8,11-12,14H2,1-2H3,(H,28,31)(H,32,33). The fourth-order valence-electron chi connectivity index (χ4n) is 5.12. The summed E-state index contributed by atoms with van der Waals surface area (Å²) < 4.78 is 42.1. The molecule has 0 saturated heterocycles. The third kappa shape index (κ3) is 5.70. The number of aliphatic carboxylic acids is 1. The van der Waals surface area contributed by atoms with Crippen LogP contribution in [0.2, 0.25) is 0 Å². The molecule has 1 aliphatic heterocycles. The van der Waals surface area contributed by atoms with Crippen molar-refractivity contribution in [1.29, 1.82) is 0 Å². The van der Waals surface area contributed by atoms with E-state index in [-0.39, 0.29) is 34.6 Å². The number of fused-ring (bicyclic) bond motifs is 1. The first kappa shape index (κ1) is 26.1. The summed E-state index contributed by atoms with van der Waals surface area (Å²) in [5.74, 6) is -1.55. The van der Waals surface area contributed by atoms with E-state index < -0.39 is 22.0 Å². The zero-order chi connectivity index (χ0) is 26.0. The summed E-state index contributed by atoms with van der Waals surface area (Å²) in [5.41, 5.74) is 2.36. The van der Waals surface area contributed by atoms with Gasteiger partial charge in [-0.15, -0.1) is 0 Å². The van der Waals surface area contributed by atoms with E-state index in [2.05, 4.69) is 10.0 Å². The smallest absolute Gasteiger partial charge is 0.326 e. The maximum Gasteiger partial charge on any atom is 0.326 e. The number of amides is 1. The Bertz CT molecular complexity index is 1230. The average Bonchev–Trinajstić information content (AvgIpc) is 2.84. The molecule has 0 radical (unpaired) electrons. The van der Waals surface area contributed by atoms with Crippen LogP contribution in [-0.2, 0) is 26.0 Å². The second-order valence-electron chi connectivity index (χ2n) is 9.75. The van der Waals surface area contributed by atoms with Gasteiger partial charge in [0.2, 0.25) is 15.9 Å². The minimum Gasteiger partial charge on any atom is -0.480 e. The third-order valence-electron chi connectivity index (χ3n) is 7.34. The molecule has 1 amide bonds. The van der Waals surface area contributed by atoms with Gasteiger partial charge in [0.15, 0.2) is 0 Å². The van der Waals surface area contributed by atoms with Crippen molar-refractivity contribution in [3.8, 4) is 0 Å². The van der Waals surface area contributed by atoms with Gasteiger partial charge in [0, 0.05) is 24.7 Å². The predicted octanol–water partition coefficient (Wildman–Crippen LogP) is 3.38. The lowest BCUT2D eigenvalue weighted by atomic mass is 9.85. The van der Waals surface area contributed by atoms with Crippen LogP contribution < -0.4 is 14.9 Å². The molecule has 1 saturated carbocycles. The zero-order valence-corrected chi connectivity index (χ0v) is 21.2. The Kier molecular flexibility index (Phi) is 7.65. The van der Waals surface area contributed by atoms with E-state index in [1.54, 1.807) is 42.3 Å². The number of nitrogens with one attached hydrogen (secondary N) is 2. The van der Waals surface area contributed by atoms with Gasteiger partial charge in [-0.1, -0.05) is 18.2 Å². The molecule has 1 heterocycles. The number of nitrogens with zero attached hydrogens (tertiary/aromatic N) is 1. The number of hydrogen-bond acceptors (Lipinski definition) is 5. The summed E-state index contributed by atoms with van der Waals surface area (Å²) >= 11 is 0. The van der Waals surface area contributed by atoms with Crippen molar-refractivity contribution < 1.29 is 27.5 Å². The highest BCUT2D eigenvalue weighted by Gasteiger charge is 2.32. The molecule has 8 nitrogen and oxygen atoms in total. The molecule has 4 rings (SSSR count). The monoisotopic (exact) mass is 517 g/mol. The molecule has 36 heavy (non-hydrogen) atoms. The Morgan fingerprint density at radius 3 is 2.36 bits per heavy atom. The fraction of sp³-hybridized carbons (Fsp3) is 0.462. The van der Waals surface area contributed by atoms with Crippen molar-refractivity contribution >= 4 is 27.6 Å². The largest absolute Gasteiger partial charge is 0.480 e. The molecular weight excluding hydrogens is 485 g/mol. The molecular formula is C26H32FN3O5S. The minimum absolute atomic E-state index is 0.0844. The molecule has 3 N–H and O–H groups in total. The van der Waals surface area contributed by atoms with Crippen molar-refractivity contribution in [2.75, 3.05) is 11.9 Å². The number of carbonyl (C=O) groups excluding carboxylic acids is 1. The number of benzene rings is 2. The van der Waals surface area contributed by atoms with E-state index in [0.717, 1.165) is 11.1 Å². The van der Waals surface area contributed by atoms with Crippen LogP contribution in [0.25, 0.3) is 0 Å². The average molecular weight is 518 g/mol. The molecule has 0 aromatic heterocycles. The maximum atomic E-state index is 13.1. The highest BCUT2D eigenvalue weighted by molar-refractivity contribution is 7.89. The van der Waals surface area contributed by atoms with Crippen molar-refractivity contribution in [2.45, 2.75) is 68.5 Å². The van der Waals surface area contributed by atoms with Crippen molar-refractivity contribution in [3.63, 3.8) is 0 Å². The number of halogens is 1. The minimum atomic E-state index is -3.81. The molecule has 1 fully saturated rings. The first-order valence-corrected chi connectivity index (χ1v) is 13.7. The maximum absolute atomic E-state index is 13.1. The Morgan fingerprint density at radius 1 is 1.06 bits per heavy atom. The molecule has 2 aliphatic rings. The van der Waals surface area contributed by atoms with Crippen LogP contribution in [0, 0.1) is 11.7 Å². The highest BCUT2D eigenvalue weighted by atomic mass is 32.2. The zero-order valence-electron chi connectivity index (χ0n) is 20.4. The number of likely N-dealkylation sites (N-methyl/N-ethyl adjacent to an activating group) is 1. The van der Waals surface area contributed by atoms with E-state index >= 15 is 0 Å². The van der Waals surface area contributed by atoms with E-state index in [4.69, 9.17) is 0 Å². The summed E-state index contributed by atoms with van der Waals surface area (Å²) in [6, 6.07) is 9.65. The van der Waals surface area contributed by atoms with Gasteiger partial charge in [-0.3, -0.25) is 4.79 Å². The summed E-state index contributed by atoms with van der Waals surface area (Å²) in [4.78, 5) is 26.0. The number of aryl methyl sites for hydroxylation is 1. The molecule has 2 atom stereocenters. The van der Waals surface area contributed by atoms with Gasteiger partial charge in [0.1, 0.15) is 11.9 Å². The Morgan fingerprint density at radius 2 is 1.72 bits per heavy atom. The normalized spacial score (nSPS) is 23.0. The van der Waals surface area contributed by atoms with Crippen LogP contribution >= 0.6 is 0 Å². The fourth-order valence-corrected chi connectivity index (χ4v) is 6.44. The van der Waals surface area contributed by atoms with E-state index in [9.17, 15) is 27.5 Å². The number of rotatable bonds is 7. The van der Waals surface area contributed by atoms with Gasteiger partial charge >= 0.3 is 5.97 Å². The van der Waals surface area contributed by atoms with Crippen molar-refractivity contribution in [3.05, 3.63) is 59.4 Å². The van der Waals surface area contributed by atoms with Crippen LogP contribution in [0.5, 0.6) is 0 Å². The quantitative estimate of drug-likeness (QED) is 0.519. The van der Waals surface area contributed by atoms with Crippen molar-refractivity contribution in [2.24, 2.45) is 5.92 Å². The Balaban J connectivity index is 1.34. The molecule has 2 unspecified atom stereocenters. The van der Waals surface area contributed by atoms with Gasteiger partial charge in [-0.2, -0.15) is 0 Å². The van der Waals surface area contributed by atoms with Crippen LogP contribution in [0.4, 0.5) is 10.1 Å². The summed E-state index contributed by atoms with van der Waals surface area (Å²) in [6.45, 7) is 1.85. The number of hydrogen-bond donors (Lipinski definition) is 3. The molecule has 10 heteroatoms. The summed E-state index contributed by atoms with van der Waals surface area (Å²) in [5, 5.41) is 12.4. The number of anilines is 1. The Hall–Kier alpha value is -2.98. The third-order valence-corrected chi connectivity index (χ3v) is 8.85. The first-order chi connectivity index (χ1) is 17.0. The van der Waals surface area contributed by atoms with E-state index in [0.29, 0.717) is 44.2 Å². The van der Waals surface area contributed by atoms with E-state index in [1.807, 2.05) is 6.92 Å². The van der Waals surface area contributed by atoms with Gasteiger partial charge in [0.05, 0.1) is 10.9 Å². The second-order valence-corrected chi connectivity index (χ2v) is 11.5. The molecule has 0 spiro atoms. The van der Waals surface area contributed by atoms with Gasteiger partial charge in [-0.25, -0.2) is 22.3 Å². The Labute approximate surface area is 210 Å². The van der Waals surface area contributed by atoms with Crippen LogP contribution in [0.15, 0.2) is 47.4 Å². The lowest BCUT2D eigenvalue weighted by Gasteiger charge is -2.34. The van der Waals surface area contributed by atoms with Gasteiger partial charge < -0.3 is 15.3 Å². The lowest BCUT2D eigenvalue weighted by Crippen LogP contribution is -2.42. The number of carboxylic acid groups (broad SMARTS) is 1. The highest BCUT2D eigenvalue weighted by Crippen LogP contribution is 2.32. The molecule has 2 aromatic rings. The summed E-state index contributed by atoms with van der Waals surface area (Å²) in [6.07, 6.45) is 3.24. The second kappa shape index (κ2) is 10.6. The predicted molar refractivity (Wildman–Crippen MR) is 134 cm³/mol. The topological polar surface area (TPSA) is 116 Å². The summed E-state index contributed by atoms with van der Waals surface area (Å²) in [7, 11) is -2.14. The van der Waals surface area contributed by atoms with Gasteiger partial charge in [0.25, 0.3) is 0 Å². The van der Waals surface area contributed by atoms with Crippen LogP contribution in [0.3, 0.4) is 0 Å². The first-order valence-electron chi connectivity index (χ1n) is 12.2. The van der Waals surface area contributed by atoms with Crippen molar-refractivity contribution in [1.82, 2.24) is 10.0 Å². The van der Waals surface area contributed by atoms with Gasteiger partial charge in [-0.05, 0) is 80.8 Å². The SMILES string of the molecule is CC(NC(=O)C1CCC(NS(=O)(=O)c2ccc3c(c2)N(C)C(C(=O)O)CC3)CC1)c1ccc(F)cc1. The number of carbonyl (C=O) groups is 2.